The zero-order valence-corrected chi connectivity index (χ0v) is 19.2. The van der Waals surface area contributed by atoms with Gasteiger partial charge in [0.25, 0.3) is 0 Å². The van der Waals surface area contributed by atoms with Gasteiger partial charge in [0.2, 0.25) is 0 Å². The van der Waals surface area contributed by atoms with Crippen LogP contribution >= 0.6 is 0 Å². The molecule has 0 saturated heterocycles. The molecule has 0 rings (SSSR count). The molecule has 0 fully saturated rings. The highest BCUT2D eigenvalue weighted by molar-refractivity contribution is 6.41. The van der Waals surface area contributed by atoms with Gasteiger partial charge in [-0.3, -0.25) is 0 Å². The third-order valence-corrected chi connectivity index (χ3v) is 10.9. The van der Waals surface area contributed by atoms with Crippen LogP contribution < -0.4 is 0 Å². The largest absolute Gasteiger partial charge is 0.360 e. The van der Waals surface area contributed by atoms with E-state index in [1.165, 1.54) is 18.1 Å². The van der Waals surface area contributed by atoms with Crippen LogP contribution in [0.3, 0.4) is 0 Å². The number of hydrogen-bond donors (Lipinski definition) is 0. The lowest BCUT2D eigenvalue weighted by Crippen LogP contribution is -2.29. The van der Waals surface area contributed by atoms with Crippen LogP contribution in [-0.2, 0) is 28.4 Å². The molecule has 0 radical (unpaired) electrons. The molecule has 0 spiro atoms. The maximum absolute atomic E-state index is 5.35. The smallest absolute Gasteiger partial charge is 0.134 e. The van der Waals surface area contributed by atoms with E-state index >= 15 is 0 Å². The fourth-order valence-electron chi connectivity index (χ4n) is 2.54. The predicted molar refractivity (Wildman–Crippen MR) is 97.0 cm³/mol. The summed E-state index contributed by atoms with van der Waals surface area (Å²) in [6.45, 7) is 0. The summed E-state index contributed by atoms with van der Waals surface area (Å²) in [6.07, 6.45) is 0. The van der Waals surface area contributed by atoms with E-state index in [-0.39, 0.29) is 17.7 Å². The van der Waals surface area contributed by atoms with Crippen molar-refractivity contribution in [1.29, 1.82) is 0 Å². The Morgan fingerprint density at radius 3 is 0.909 bits per heavy atom. The van der Waals surface area contributed by atoms with Gasteiger partial charge in [0, 0.05) is 42.7 Å². The lowest BCUT2D eigenvalue weighted by atomic mass is 10.3. The molecule has 0 aliphatic carbocycles. The van der Waals surface area contributed by atoms with E-state index in [0.717, 1.165) is 0 Å². The summed E-state index contributed by atoms with van der Waals surface area (Å²) in [4.78, 5) is 0. The first-order valence-corrected chi connectivity index (χ1v) is 13.3. The minimum atomic E-state index is -0.400. The summed E-state index contributed by atoms with van der Waals surface area (Å²) in [5, 5.41) is 0. The van der Waals surface area contributed by atoms with Crippen molar-refractivity contribution in [3.63, 3.8) is 0 Å². The maximum atomic E-state index is 5.35. The molecule has 0 aromatic rings. The van der Waals surface area contributed by atoms with Crippen molar-refractivity contribution in [2.24, 2.45) is 5.92 Å². The molecule has 0 N–H and O–H groups in total. The highest BCUT2D eigenvalue weighted by Crippen LogP contribution is 2.18. The molecule has 134 valence electrons. The Labute approximate surface area is 142 Å². The van der Waals surface area contributed by atoms with Crippen LogP contribution in [0.2, 0.25) is 18.1 Å². The molecule has 22 heavy (non-hydrogen) atoms. The molecule has 0 unspecified atom stereocenters. The van der Waals surface area contributed by atoms with E-state index in [1.54, 1.807) is 42.7 Å². The minimum Gasteiger partial charge on any atom is -0.360 e. The van der Waals surface area contributed by atoms with Gasteiger partial charge in [-0.2, -0.15) is 0 Å². The summed E-state index contributed by atoms with van der Waals surface area (Å²) < 4.78 is 32.1. The Bertz CT molecular complexity index is 200. The normalized spacial score (nSPS) is 15.1. The number of hydrogen-bond acceptors (Lipinski definition) is 6. The average Bonchev–Trinajstić information content (AvgIpc) is 2.56. The van der Waals surface area contributed by atoms with E-state index in [2.05, 4.69) is 0 Å². The van der Waals surface area contributed by atoms with Gasteiger partial charge in [0.15, 0.2) is 0 Å². The van der Waals surface area contributed by atoms with Gasteiger partial charge >= 0.3 is 0 Å². The Hall–Kier alpha value is 0.411. The lowest BCUT2D eigenvalue weighted by molar-refractivity contribution is -0.0454. The molecule has 0 amide bonds. The standard InChI is InChI=1S/C13H34O6Si3/c1-14-11(15-2)20-7-10(8-21-12(16-3)17-4)9-22-13(18-5)19-6/h10-13H,7-9,20-22H2,1-6H3. The topological polar surface area (TPSA) is 55.4 Å². The Morgan fingerprint density at radius 1 is 0.500 bits per heavy atom. The first-order valence-electron chi connectivity index (χ1n) is 7.81. The molecule has 0 aromatic carbocycles. The second-order valence-electron chi connectivity index (χ2n) is 5.30. The minimum absolute atomic E-state index is 0.0205. The first kappa shape index (κ1) is 22.4. The lowest BCUT2D eigenvalue weighted by Gasteiger charge is -2.22. The second kappa shape index (κ2) is 15.0. The van der Waals surface area contributed by atoms with E-state index in [1.807, 2.05) is 0 Å². The van der Waals surface area contributed by atoms with E-state index in [4.69, 9.17) is 28.4 Å². The third kappa shape index (κ3) is 10.2. The van der Waals surface area contributed by atoms with Gasteiger partial charge in [0.05, 0.1) is 28.6 Å². The van der Waals surface area contributed by atoms with Crippen LogP contribution in [0.4, 0.5) is 0 Å². The highest BCUT2D eigenvalue weighted by Gasteiger charge is 2.18. The number of methoxy groups -OCH3 is 6. The monoisotopic (exact) mass is 370 g/mol. The van der Waals surface area contributed by atoms with Gasteiger partial charge in [-0.15, -0.1) is 0 Å². The zero-order chi connectivity index (χ0) is 16.8. The van der Waals surface area contributed by atoms with Crippen LogP contribution in [0, 0.1) is 5.92 Å². The molecule has 0 atom stereocenters. The van der Waals surface area contributed by atoms with Crippen LogP contribution in [0.5, 0.6) is 0 Å². The molecule has 0 heterocycles. The molecule has 6 nitrogen and oxygen atoms in total. The zero-order valence-electron chi connectivity index (χ0n) is 15.0. The van der Waals surface area contributed by atoms with E-state index in [0.29, 0.717) is 5.92 Å². The predicted octanol–water partition coefficient (Wildman–Crippen LogP) is -0.907. The van der Waals surface area contributed by atoms with Gasteiger partial charge < -0.3 is 28.4 Å². The van der Waals surface area contributed by atoms with Crippen molar-refractivity contribution in [2.75, 3.05) is 42.7 Å². The highest BCUT2D eigenvalue weighted by atomic mass is 28.2. The third-order valence-electron chi connectivity index (χ3n) is 4.01. The Morgan fingerprint density at radius 2 is 0.727 bits per heavy atom. The molecular weight excluding hydrogens is 336 g/mol. The Kier molecular flexibility index (Phi) is 15.2. The van der Waals surface area contributed by atoms with Crippen LogP contribution in [0.1, 0.15) is 0 Å². The van der Waals surface area contributed by atoms with Crippen molar-refractivity contribution in [3.8, 4) is 0 Å². The average molecular weight is 371 g/mol. The molecular formula is C13H34O6Si3. The van der Waals surface area contributed by atoms with Crippen LogP contribution in [0.25, 0.3) is 0 Å². The van der Waals surface area contributed by atoms with Gasteiger partial charge in [-0.05, 0) is 5.92 Å². The van der Waals surface area contributed by atoms with Crippen molar-refractivity contribution in [1.82, 2.24) is 0 Å². The first-order chi connectivity index (χ1) is 10.6. The van der Waals surface area contributed by atoms with Gasteiger partial charge in [-0.25, -0.2) is 0 Å². The summed E-state index contributed by atoms with van der Waals surface area (Å²) in [7, 11) is 9.12. The molecule has 0 saturated carbocycles. The molecule has 0 aliphatic heterocycles. The Balaban J connectivity index is 4.34. The fraction of sp³-hybridized carbons (Fsp3) is 1.00. The molecule has 9 heteroatoms. The molecule has 0 aromatic heterocycles. The van der Waals surface area contributed by atoms with Crippen molar-refractivity contribution < 1.29 is 28.4 Å². The maximum Gasteiger partial charge on any atom is 0.134 e. The summed E-state index contributed by atoms with van der Waals surface area (Å²) in [5.74, 6) is 0.768. The summed E-state index contributed by atoms with van der Waals surface area (Å²) in [5.41, 5.74) is 0. The van der Waals surface area contributed by atoms with Gasteiger partial charge in [0.1, 0.15) is 17.7 Å². The van der Waals surface area contributed by atoms with Crippen molar-refractivity contribution in [2.45, 2.75) is 35.9 Å². The second-order valence-corrected chi connectivity index (χ2v) is 10.8. The van der Waals surface area contributed by atoms with Crippen molar-refractivity contribution >= 4 is 28.6 Å². The van der Waals surface area contributed by atoms with Crippen LogP contribution in [0.15, 0.2) is 0 Å². The summed E-state index contributed by atoms with van der Waals surface area (Å²) in [6, 6.07) is 3.69. The van der Waals surface area contributed by atoms with Crippen molar-refractivity contribution in [3.05, 3.63) is 0 Å². The fourth-order valence-corrected chi connectivity index (χ4v) is 9.65. The number of ether oxygens (including phenoxy) is 6. The summed E-state index contributed by atoms with van der Waals surface area (Å²) >= 11 is 0. The van der Waals surface area contributed by atoms with E-state index < -0.39 is 28.6 Å². The number of rotatable bonds is 15. The molecule has 0 bridgehead atoms. The SMILES string of the molecule is COC(OC)[SiH2]CC(C[SiH2]C(OC)OC)C[SiH2]C(OC)OC. The van der Waals surface area contributed by atoms with Gasteiger partial charge in [-0.1, -0.05) is 18.1 Å². The van der Waals surface area contributed by atoms with Crippen LogP contribution in [-0.4, -0.2) is 89.0 Å². The quantitative estimate of drug-likeness (QED) is 0.275. The van der Waals surface area contributed by atoms with E-state index in [9.17, 15) is 0 Å². The molecule has 0 aliphatic rings.